The van der Waals surface area contributed by atoms with E-state index in [9.17, 15) is 14.4 Å². The Kier molecular flexibility index (Phi) is 5.44. The maximum Gasteiger partial charge on any atom is 0.326 e. The number of primary amides is 1. The van der Waals surface area contributed by atoms with Crippen LogP contribution in [0.1, 0.15) is 18.7 Å². The molecule has 0 saturated heterocycles. The van der Waals surface area contributed by atoms with E-state index in [4.69, 9.17) is 10.8 Å². The Hall–Kier alpha value is -2.65. The van der Waals surface area contributed by atoms with E-state index in [1.54, 1.807) is 11.6 Å². The fourth-order valence-corrected chi connectivity index (χ4v) is 1.38. The maximum absolute atomic E-state index is 11.5. The number of nitrogens with two attached hydrogens (primary N) is 1. The lowest BCUT2D eigenvalue weighted by Crippen LogP contribution is -2.46. The molecule has 0 aromatic carbocycles. The lowest BCUT2D eigenvalue weighted by atomic mass is 10.1. The van der Waals surface area contributed by atoms with Crippen LogP contribution in [0, 0.1) is 0 Å². The molecule has 1 aromatic rings. The van der Waals surface area contributed by atoms with Gasteiger partial charge < -0.3 is 26.0 Å². The second kappa shape index (κ2) is 7.07. The summed E-state index contributed by atoms with van der Waals surface area (Å²) in [5.41, 5.74) is 4.93. The number of aromatic nitrogens is 3. The summed E-state index contributed by atoms with van der Waals surface area (Å²) in [4.78, 5) is 33.1. The van der Waals surface area contributed by atoms with Gasteiger partial charge in [0.05, 0.1) is 6.54 Å². The van der Waals surface area contributed by atoms with Crippen molar-refractivity contribution in [2.75, 3.05) is 0 Å². The fraction of sp³-hybridized carbons (Fsp3) is 0.500. The van der Waals surface area contributed by atoms with E-state index >= 15 is 0 Å². The first-order valence-corrected chi connectivity index (χ1v) is 5.78. The Balaban J connectivity index is 2.43. The molecule has 1 heterocycles. The smallest absolute Gasteiger partial charge is 0.326 e. The Morgan fingerprint density at radius 2 is 2.20 bits per heavy atom. The van der Waals surface area contributed by atoms with Gasteiger partial charge >= 0.3 is 12.0 Å². The largest absolute Gasteiger partial charge is 0.480 e. The molecular weight excluding hydrogens is 268 g/mol. The van der Waals surface area contributed by atoms with Crippen LogP contribution in [0.4, 0.5) is 4.79 Å². The minimum atomic E-state index is -1.24. The van der Waals surface area contributed by atoms with Crippen LogP contribution < -0.4 is 16.4 Å². The Morgan fingerprint density at radius 3 is 2.70 bits per heavy atom. The van der Waals surface area contributed by atoms with Crippen LogP contribution in [0.2, 0.25) is 0 Å². The molecule has 20 heavy (non-hydrogen) atoms. The molecule has 1 atom stereocenters. The van der Waals surface area contributed by atoms with Gasteiger partial charge in [-0.25, -0.2) is 9.59 Å². The molecule has 0 spiro atoms. The van der Waals surface area contributed by atoms with E-state index in [2.05, 4.69) is 20.8 Å². The van der Waals surface area contributed by atoms with Gasteiger partial charge in [0.15, 0.2) is 5.82 Å². The number of carboxylic acids is 1. The molecule has 110 valence electrons. The number of hydrogen-bond acceptors (Lipinski definition) is 5. The van der Waals surface area contributed by atoms with Crippen molar-refractivity contribution in [3.63, 3.8) is 0 Å². The number of rotatable bonds is 7. The van der Waals surface area contributed by atoms with Crippen molar-refractivity contribution in [1.82, 2.24) is 25.4 Å². The Labute approximate surface area is 114 Å². The zero-order valence-electron chi connectivity index (χ0n) is 10.9. The summed E-state index contributed by atoms with van der Waals surface area (Å²) in [6, 6.07) is -1.85. The molecule has 5 N–H and O–H groups in total. The molecule has 0 bridgehead atoms. The third-order valence-corrected chi connectivity index (χ3v) is 2.50. The molecule has 0 aliphatic rings. The molecular formula is C10H16N6O4. The van der Waals surface area contributed by atoms with Crippen LogP contribution >= 0.6 is 0 Å². The molecule has 0 aliphatic carbocycles. The average molecular weight is 284 g/mol. The third-order valence-electron chi connectivity index (χ3n) is 2.50. The van der Waals surface area contributed by atoms with Gasteiger partial charge in [-0.15, -0.1) is 10.2 Å². The Bertz CT molecular complexity index is 500. The second-order valence-corrected chi connectivity index (χ2v) is 4.08. The zero-order valence-corrected chi connectivity index (χ0v) is 10.9. The van der Waals surface area contributed by atoms with Crippen LogP contribution in [-0.4, -0.2) is 43.8 Å². The standard InChI is InChI=1S/C10H16N6O4/c1-16-5-13-15-8(16)4-12-10(20)14-6(9(18)19)2-3-7(11)17/h5-6H,2-4H2,1H3,(H2,11,17)(H,18,19)(H2,12,14,20). The SMILES string of the molecule is Cn1cnnc1CNC(=O)NC(CCC(N)=O)C(=O)O. The first-order valence-electron chi connectivity index (χ1n) is 5.78. The van der Waals surface area contributed by atoms with Crippen molar-refractivity contribution < 1.29 is 19.5 Å². The Morgan fingerprint density at radius 1 is 1.50 bits per heavy atom. The minimum Gasteiger partial charge on any atom is -0.480 e. The third kappa shape index (κ3) is 4.92. The molecule has 10 heteroatoms. The molecule has 3 amide bonds. The van der Waals surface area contributed by atoms with E-state index in [0.717, 1.165) is 0 Å². The highest BCUT2D eigenvalue weighted by Crippen LogP contribution is 1.97. The maximum atomic E-state index is 11.5. The second-order valence-electron chi connectivity index (χ2n) is 4.08. The van der Waals surface area contributed by atoms with Gasteiger partial charge in [-0.05, 0) is 6.42 Å². The zero-order chi connectivity index (χ0) is 15.1. The van der Waals surface area contributed by atoms with Crippen molar-refractivity contribution >= 4 is 17.9 Å². The van der Waals surface area contributed by atoms with Crippen molar-refractivity contribution in [3.8, 4) is 0 Å². The summed E-state index contributed by atoms with van der Waals surface area (Å²) in [5, 5.41) is 21.0. The number of carbonyl (C=O) groups excluding carboxylic acids is 2. The van der Waals surface area contributed by atoms with Crippen LogP contribution in [0.25, 0.3) is 0 Å². The number of urea groups is 1. The minimum absolute atomic E-state index is 0.0674. The number of amides is 3. The van der Waals surface area contributed by atoms with Gasteiger partial charge in [0, 0.05) is 13.5 Å². The first kappa shape index (κ1) is 15.4. The summed E-state index contributed by atoms with van der Waals surface area (Å²) >= 11 is 0. The van der Waals surface area contributed by atoms with Crippen molar-refractivity contribution in [1.29, 1.82) is 0 Å². The molecule has 0 radical (unpaired) electrons. The lowest BCUT2D eigenvalue weighted by Gasteiger charge is -2.14. The summed E-state index contributed by atoms with van der Waals surface area (Å²) < 4.78 is 1.61. The highest BCUT2D eigenvalue weighted by atomic mass is 16.4. The number of aryl methyl sites for hydroxylation is 1. The van der Waals surface area contributed by atoms with Crippen molar-refractivity contribution in [3.05, 3.63) is 12.2 Å². The molecule has 10 nitrogen and oxygen atoms in total. The van der Waals surface area contributed by atoms with Gasteiger partial charge in [0.2, 0.25) is 5.91 Å². The average Bonchev–Trinajstić information content (AvgIpc) is 2.77. The van der Waals surface area contributed by atoms with Gasteiger partial charge in [-0.3, -0.25) is 4.79 Å². The quantitative estimate of drug-likeness (QED) is 0.470. The number of carbonyl (C=O) groups is 3. The van der Waals surface area contributed by atoms with E-state index in [1.807, 2.05) is 0 Å². The van der Waals surface area contributed by atoms with Crippen LogP contribution in [0.15, 0.2) is 6.33 Å². The van der Waals surface area contributed by atoms with Crippen LogP contribution in [0.3, 0.4) is 0 Å². The van der Waals surface area contributed by atoms with Crippen LogP contribution in [0.5, 0.6) is 0 Å². The van der Waals surface area contributed by atoms with E-state index < -0.39 is 23.9 Å². The van der Waals surface area contributed by atoms with Gasteiger partial charge in [0.1, 0.15) is 12.4 Å². The lowest BCUT2D eigenvalue weighted by molar-refractivity contribution is -0.139. The van der Waals surface area contributed by atoms with E-state index in [0.29, 0.717) is 5.82 Å². The molecule has 1 rings (SSSR count). The normalized spacial score (nSPS) is 11.7. The summed E-state index contributed by atoms with van der Waals surface area (Å²) in [5.74, 6) is -1.35. The van der Waals surface area contributed by atoms with Gasteiger partial charge in [0.25, 0.3) is 0 Å². The monoisotopic (exact) mass is 284 g/mol. The summed E-state index contributed by atoms with van der Waals surface area (Å²) in [7, 11) is 1.71. The predicted octanol–water partition coefficient (Wildman–Crippen LogP) is -1.67. The van der Waals surface area contributed by atoms with E-state index in [1.165, 1.54) is 6.33 Å². The first-order chi connectivity index (χ1) is 9.40. The predicted molar refractivity (Wildman–Crippen MR) is 66.2 cm³/mol. The molecule has 1 aromatic heterocycles. The van der Waals surface area contributed by atoms with Gasteiger partial charge in [-0.1, -0.05) is 0 Å². The number of nitrogens with zero attached hydrogens (tertiary/aromatic N) is 3. The van der Waals surface area contributed by atoms with Crippen molar-refractivity contribution in [2.24, 2.45) is 12.8 Å². The highest BCUT2D eigenvalue weighted by molar-refractivity contribution is 5.83. The summed E-state index contributed by atoms with van der Waals surface area (Å²) in [6.45, 7) is 0.102. The number of hydrogen-bond donors (Lipinski definition) is 4. The fourth-order valence-electron chi connectivity index (χ4n) is 1.38. The number of carboxylic acid groups (broad SMARTS) is 1. The van der Waals surface area contributed by atoms with Gasteiger partial charge in [-0.2, -0.15) is 0 Å². The van der Waals surface area contributed by atoms with Crippen LogP contribution in [-0.2, 0) is 23.2 Å². The molecule has 0 fully saturated rings. The highest BCUT2D eigenvalue weighted by Gasteiger charge is 2.20. The number of aliphatic carboxylic acids is 1. The summed E-state index contributed by atoms with van der Waals surface area (Å²) in [6.07, 6.45) is 1.28. The topological polar surface area (TPSA) is 152 Å². The number of nitrogens with one attached hydrogen (secondary N) is 2. The molecule has 0 aliphatic heterocycles. The van der Waals surface area contributed by atoms with E-state index in [-0.39, 0.29) is 19.4 Å². The van der Waals surface area contributed by atoms with Crippen molar-refractivity contribution in [2.45, 2.75) is 25.4 Å². The molecule has 1 unspecified atom stereocenters. The molecule has 0 saturated carbocycles.